The zero-order valence-electron chi connectivity index (χ0n) is 17.4. The summed E-state index contributed by atoms with van der Waals surface area (Å²) in [5, 5.41) is 7.47. The van der Waals surface area contributed by atoms with Gasteiger partial charge in [0.05, 0.1) is 5.54 Å². The van der Waals surface area contributed by atoms with Gasteiger partial charge >= 0.3 is 0 Å². The van der Waals surface area contributed by atoms with Crippen LogP contribution in [-0.2, 0) is 12.1 Å². The van der Waals surface area contributed by atoms with Gasteiger partial charge in [-0.05, 0) is 57.9 Å². The largest absolute Gasteiger partial charge is 0.439 e. The normalized spacial score (nSPS) is 13.9. The molecule has 1 aromatic carbocycles. The van der Waals surface area contributed by atoms with Crippen LogP contribution in [0.1, 0.15) is 61.3 Å². The fourth-order valence-corrected chi connectivity index (χ4v) is 3.27. The first-order valence-electron chi connectivity index (χ1n) is 10.1. The number of carbonyl (C=O) groups is 1. The molecule has 4 rings (SSSR count). The molecule has 1 aliphatic carbocycles. The second-order valence-electron chi connectivity index (χ2n) is 8.52. The third-order valence-corrected chi connectivity index (χ3v) is 4.90. The highest BCUT2D eigenvalue weighted by molar-refractivity contribution is 5.92. The highest BCUT2D eigenvalue weighted by Gasteiger charge is 2.32. The lowest BCUT2D eigenvalue weighted by Crippen LogP contribution is -2.27. The van der Waals surface area contributed by atoms with Crippen molar-refractivity contribution in [3.63, 3.8) is 0 Å². The maximum Gasteiger partial charge on any atom is 0.272 e. The van der Waals surface area contributed by atoms with Crippen LogP contribution in [-0.4, -0.2) is 20.7 Å². The van der Waals surface area contributed by atoms with Gasteiger partial charge < -0.3 is 10.1 Å². The summed E-state index contributed by atoms with van der Waals surface area (Å²) in [4.78, 5) is 17.0. The van der Waals surface area contributed by atoms with Gasteiger partial charge in [-0.2, -0.15) is 5.10 Å². The predicted molar refractivity (Wildman–Crippen MR) is 111 cm³/mol. The van der Waals surface area contributed by atoms with Crippen molar-refractivity contribution in [2.45, 2.75) is 51.6 Å². The second kappa shape index (κ2) is 7.89. The number of hydrogen-bond donors (Lipinski definition) is 1. The number of rotatable bonds is 6. The van der Waals surface area contributed by atoms with E-state index in [0.717, 1.165) is 18.5 Å². The van der Waals surface area contributed by atoms with E-state index in [4.69, 9.17) is 4.74 Å². The van der Waals surface area contributed by atoms with Crippen molar-refractivity contribution in [1.29, 1.82) is 0 Å². The lowest BCUT2D eigenvalue weighted by Gasteiger charge is -2.22. The molecule has 30 heavy (non-hydrogen) atoms. The van der Waals surface area contributed by atoms with Crippen molar-refractivity contribution >= 4 is 5.91 Å². The van der Waals surface area contributed by atoms with Crippen LogP contribution in [0.5, 0.6) is 11.6 Å². The quantitative estimate of drug-likeness (QED) is 0.638. The first-order chi connectivity index (χ1) is 14.3. The summed E-state index contributed by atoms with van der Waals surface area (Å²) < 4.78 is 21.1. The zero-order chi connectivity index (χ0) is 21.3. The van der Waals surface area contributed by atoms with Gasteiger partial charge in [0.2, 0.25) is 5.88 Å². The van der Waals surface area contributed by atoms with Crippen LogP contribution < -0.4 is 10.1 Å². The molecule has 2 heterocycles. The Morgan fingerprint density at radius 3 is 2.73 bits per heavy atom. The Labute approximate surface area is 175 Å². The summed E-state index contributed by atoms with van der Waals surface area (Å²) in [6, 6.07) is 11.3. The summed E-state index contributed by atoms with van der Waals surface area (Å²) in [6.07, 6.45) is 3.87. The molecule has 3 aromatic rings. The highest BCUT2D eigenvalue weighted by Crippen LogP contribution is 2.41. The minimum atomic E-state index is -0.390. The average Bonchev–Trinajstić information content (AvgIpc) is 3.44. The standard InChI is InChI=1S/C23H25FN4O2/c1-23(2,3)28-20(15-9-10-15)13-19(27-28)21(29)26-14-16-6-5-11-25-22(16)30-18-8-4-7-17(24)12-18/h4-8,11-13,15H,9-10,14H2,1-3H3,(H,26,29). The van der Waals surface area contributed by atoms with Crippen molar-refractivity contribution in [1.82, 2.24) is 20.1 Å². The molecule has 1 aliphatic rings. The molecule has 0 radical (unpaired) electrons. The maximum atomic E-state index is 13.4. The van der Waals surface area contributed by atoms with Crippen molar-refractivity contribution in [2.75, 3.05) is 0 Å². The van der Waals surface area contributed by atoms with Gasteiger partial charge in [-0.25, -0.2) is 9.37 Å². The Morgan fingerprint density at radius 2 is 2.03 bits per heavy atom. The monoisotopic (exact) mass is 408 g/mol. The van der Waals surface area contributed by atoms with Crippen LogP contribution in [0.4, 0.5) is 4.39 Å². The third kappa shape index (κ3) is 4.50. The predicted octanol–water partition coefficient (Wildman–Crippen LogP) is 4.77. The third-order valence-electron chi connectivity index (χ3n) is 4.90. The smallest absolute Gasteiger partial charge is 0.272 e. The van der Waals surface area contributed by atoms with Crippen LogP contribution in [0.25, 0.3) is 0 Å². The summed E-state index contributed by atoms with van der Waals surface area (Å²) in [5.74, 6) is 0.518. The van der Waals surface area contributed by atoms with Gasteiger partial charge in [-0.1, -0.05) is 12.1 Å². The van der Waals surface area contributed by atoms with Crippen LogP contribution >= 0.6 is 0 Å². The van der Waals surface area contributed by atoms with Gasteiger partial charge in [0, 0.05) is 36.0 Å². The number of amides is 1. The highest BCUT2D eigenvalue weighted by atomic mass is 19.1. The van der Waals surface area contributed by atoms with Crippen LogP contribution in [0.2, 0.25) is 0 Å². The molecule has 0 atom stereocenters. The van der Waals surface area contributed by atoms with E-state index >= 15 is 0 Å². The molecule has 7 heteroatoms. The molecule has 1 saturated carbocycles. The summed E-state index contributed by atoms with van der Waals surface area (Å²) in [7, 11) is 0. The molecule has 0 spiro atoms. The van der Waals surface area contributed by atoms with E-state index in [0.29, 0.717) is 28.8 Å². The molecule has 0 aliphatic heterocycles. The molecule has 0 saturated heterocycles. The molecule has 0 unspecified atom stereocenters. The number of benzene rings is 1. The molecule has 1 N–H and O–H groups in total. The minimum Gasteiger partial charge on any atom is -0.439 e. The number of nitrogens with zero attached hydrogens (tertiary/aromatic N) is 3. The van der Waals surface area contributed by atoms with Crippen molar-refractivity contribution in [2.24, 2.45) is 0 Å². The molecular formula is C23H25FN4O2. The second-order valence-corrected chi connectivity index (χ2v) is 8.52. The fourth-order valence-electron chi connectivity index (χ4n) is 3.27. The Bertz CT molecular complexity index is 1070. The van der Waals surface area contributed by atoms with Crippen LogP contribution in [0, 0.1) is 5.82 Å². The van der Waals surface area contributed by atoms with Gasteiger partial charge in [-0.15, -0.1) is 0 Å². The van der Waals surface area contributed by atoms with Crippen LogP contribution in [0.3, 0.4) is 0 Å². The number of nitrogens with one attached hydrogen (secondary N) is 1. The average molecular weight is 408 g/mol. The van der Waals surface area contributed by atoms with Crippen molar-refractivity contribution in [3.05, 3.63) is 71.4 Å². The van der Waals surface area contributed by atoms with Gasteiger partial charge in [0.15, 0.2) is 0 Å². The molecule has 6 nitrogen and oxygen atoms in total. The lowest BCUT2D eigenvalue weighted by molar-refractivity contribution is 0.0944. The van der Waals surface area contributed by atoms with Gasteiger partial charge in [0.25, 0.3) is 5.91 Å². The van der Waals surface area contributed by atoms with E-state index in [1.807, 2.05) is 16.8 Å². The summed E-state index contributed by atoms with van der Waals surface area (Å²) >= 11 is 0. The molecule has 2 aromatic heterocycles. The minimum absolute atomic E-state index is 0.189. The Hall–Kier alpha value is -3.22. The molecule has 0 bridgehead atoms. The molecule has 1 fully saturated rings. The van der Waals surface area contributed by atoms with Crippen LogP contribution in [0.15, 0.2) is 48.7 Å². The first kappa shape index (κ1) is 20.1. The number of ether oxygens (including phenoxy) is 1. The summed E-state index contributed by atoms with van der Waals surface area (Å²) in [6.45, 7) is 6.47. The molecular weight excluding hydrogens is 383 g/mol. The van der Waals surface area contributed by atoms with Crippen molar-refractivity contribution < 1.29 is 13.9 Å². The van der Waals surface area contributed by atoms with E-state index in [-0.39, 0.29) is 23.8 Å². The molecule has 1 amide bonds. The lowest BCUT2D eigenvalue weighted by atomic mass is 10.1. The van der Waals surface area contributed by atoms with E-state index < -0.39 is 0 Å². The number of aromatic nitrogens is 3. The Balaban J connectivity index is 1.48. The first-order valence-corrected chi connectivity index (χ1v) is 10.1. The fraction of sp³-hybridized carbons (Fsp3) is 0.348. The molecule has 156 valence electrons. The topological polar surface area (TPSA) is 69.0 Å². The summed E-state index contributed by atoms with van der Waals surface area (Å²) in [5.41, 5.74) is 2.02. The van der Waals surface area contributed by atoms with Gasteiger partial charge in [0.1, 0.15) is 17.3 Å². The van der Waals surface area contributed by atoms with E-state index in [9.17, 15) is 9.18 Å². The zero-order valence-corrected chi connectivity index (χ0v) is 17.4. The number of carbonyl (C=O) groups excluding carboxylic acids is 1. The number of halogens is 1. The number of hydrogen-bond acceptors (Lipinski definition) is 4. The number of pyridine rings is 1. The Morgan fingerprint density at radius 1 is 1.23 bits per heavy atom. The van der Waals surface area contributed by atoms with Crippen molar-refractivity contribution in [3.8, 4) is 11.6 Å². The van der Waals surface area contributed by atoms with E-state index in [2.05, 4.69) is 36.2 Å². The maximum absolute atomic E-state index is 13.4. The van der Waals surface area contributed by atoms with Gasteiger partial charge in [-0.3, -0.25) is 9.48 Å². The van der Waals surface area contributed by atoms with E-state index in [1.54, 1.807) is 24.4 Å². The SMILES string of the molecule is CC(C)(C)n1nc(C(=O)NCc2cccnc2Oc2cccc(F)c2)cc1C1CC1. The Kier molecular flexibility index (Phi) is 5.28. The van der Waals surface area contributed by atoms with E-state index in [1.165, 1.54) is 12.1 Å².